The number of hydrogen-bond donors (Lipinski definition) is 1. The van der Waals surface area contributed by atoms with Crippen molar-refractivity contribution in [3.63, 3.8) is 0 Å². The minimum Gasteiger partial charge on any atom is -0.497 e. The number of amides is 1. The number of halogens is 1. The average Bonchev–Trinajstić information content (AvgIpc) is 3.52. The highest BCUT2D eigenvalue weighted by Gasteiger charge is 2.46. The van der Waals surface area contributed by atoms with Crippen molar-refractivity contribution in [2.24, 2.45) is 0 Å². The molecule has 1 amide bonds. The number of nitrogens with one attached hydrogen (secondary N) is 1. The fraction of sp³-hybridized carbons (Fsp3) is 0.360. The summed E-state index contributed by atoms with van der Waals surface area (Å²) in [6.45, 7) is 4.57. The van der Waals surface area contributed by atoms with Crippen molar-refractivity contribution in [3.8, 4) is 5.75 Å². The number of benzene rings is 2. The van der Waals surface area contributed by atoms with Gasteiger partial charge in [-0.25, -0.2) is 4.98 Å². The number of fused-ring (bicyclic) bond motifs is 1. The summed E-state index contributed by atoms with van der Waals surface area (Å²) >= 11 is 6.02. The van der Waals surface area contributed by atoms with Gasteiger partial charge < -0.3 is 15.0 Å². The minimum atomic E-state index is -0.346. The Morgan fingerprint density at radius 3 is 2.52 bits per heavy atom. The molecular formula is C25H28ClN3O2. The van der Waals surface area contributed by atoms with Gasteiger partial charge in [0, 0.05) is 10.9 Å². The zero-order chi connectivity index (χ0) is 22.0. The standard InChI is InChI=1S/C21H19ClN2O2.C4H9N/c1-13-6-7-14(26-2)12-16(13)20(25)24-21(10-11-21)17-4-3-5-18-15(17)8-9-19(22)23-18;1-5-3-2-4-5/h3-9,12H,10-11H2,1-2H3,(H,24,25);2-4H2,1H3. The Balaban J connectivity index is 0.000000407. The van der Waals surface area contributed by atoms with Crippen molar-refractivity contribution in [1.29, 1.82) is 0 Å². The smallest absolute Gasteiger partial charge is 0.252 e. The van der Waals surface area contributed by atoms with Crippen LogP contribution in [0.25, 0.3) is 10.9 Å². The fourth-order valence-electron chi connectivity index (χ4n) is 3.87. The lowest BCUT2D eigenvalue weighted by Gasteiger charge is -2.24. The van der Waals surface area contributed by atoms with Crippen LogP contribution in [0.3, 0.4) is 0 Å². The Hall–Kier alpha value is -2.63. The lowest BCUT2D eigenvalue weighted by atomic mass is 9.98. The van der Waals surface area contributed by atoms with Gasteiger partial charge in [0.2, 0.25) is 0 Å². The van der Waals surface area contributed by atoms with Gasteiger partial charge in [-0.1, -0.05) is 29.8 Å². The second kappa shape index (κ2) is 8.85. The maximum absolute atomic E-state index is 12.9. The third-order valence-electron chi connectivity index (χ3n) is 6.09. The molecular weight excluding hydrogens is 410 g/mol. The highest BCUT2D eigenvalue weighted by Crippen LogP contribution is 2.48. The molecule has 0 atom stereocenters. The van der Waals surface area contributed by atoms with Crippen LogP contribution in [0.4, 0.5) is 0 Å². The molecule has 162 valence electrons. The summed E-state index contributed by atoms with van der Waals surface area (Å²) in [7, 11) is 3.74. The topological polar surface area (TPSA) is 54.5 Å². The normalized spacial score (nSPS) is 16.6. The van der Waals surface area contributed by atoms with E-state index in [0.29, 0.717) is 16.5 Å². The number of rotatable bonds is 4. The average molecular weight is 438 g/mol. The van der Waals surface area contributed by atoms with Gasteiger partial charge >= 0.3 is 0 Å². The number of carbonyl (C=O) groups excluding carboxylic acids is 1. The summed E-state index contributed by atoms with van der Waals surface area (Å²) in [6, 6.07) is 15.3. The van der Waals surface area contributed by atoms with E-state index in [2.05, 4.69) is 28.3 Å². The summed E-state index contributed by atoms with van der Waals surface area (Å²) in [5.74, 6) is 0.590. The van der Waals surface area contributed by atoms with E-state index in [1.165, 1.54) is 19.5 Å². The van der Waals surface area contributed by atoms with Crippen LogP contribution in [-0.2, 0) is 5.54 Å². The molecule has 1 saturated heterocycles. The maximum Gasteiger partial charge on any atom is 0.252 e. The number of aromatic nitrogens is 1. The molecule has 1 aliphatic heterocycles. The van der Waals surface area contributed by atoms with E-state index in [1.54, 1.807) is 19.2 Å². The first kappa shape index (κ1) is 21.6. The summed E-state index contributed by atoms with van der Waals surface area (Å²) in [4.78, 5) is 19.6. The number of ether oxygens (including phenoxy) is 1. The van der Waals surface area contributed by atoms with Crippen molar-refractivity contribution in [3.05, 3.63) is 70.4 Å². The Morgan fingerprint density at radius 1 is 1.16 bits per heavy atom. The predicted molar refractivity (Wildman–Crippen MR) is 125 cm³/mol. The van der Waals surface area contributed by atoms with Crippen LogP contribution in [0.15, 0.2) is 48.5 Å². The molecule has 5 rings (SSSR count). The quantitative estimate of drug-likeness (QED) is 0.587. The van der Waals surface area contributed by atoms with Crippen LogP contribution < -0.4 is 10.1 Å². The molecule has 2 fully saturated rings. The number of carbonyl (C=O) groups is 1. The molecule has 2 aromatic carbocycles. The Morgan fingerprint density at radius 2 is 1.90 bits per heavy atom. The number of pyridine rings is 1. The number of aryl methyl sites for hydroxylation is 1. The molecule has 0 unspecified atom stereocenters. The minimum absolute atomic E-state index is 0.0853. The van der Waals surface area contributed by atoms with E-state index in [-0.39, 0.29) is 11.4 Å². The zero-order valence-electron chi connectivity index (χ0n) is 18.2. The van der Waals surface area contributed by atoms with Crippen LogP contribution in [-0.4, -0.2) is 43.0 Å². The monoisotopic (exact) mass is 437 g/mol. The molecule has 6 heteroatoms. The molecule has 1 N–H and O–H groups in total. The van der Waals surface area contributed by atoms with E-state index in [4.69, 9.17) is 16.3 Å². The van der Waals surface area contributed by atoms with E-state index in [1.807, 2.05) is 37.3 Å². The van der Waals surface area contributed by atoms with E-state index < -0.39 is 0 Å². The molecule has 1 aromatic heterocycles. The van der Waals surface area contributed by atoms with Gasteiger partial charge in [0.15, 0.2) is 0 Å². The van der Waals surface area contributed by atoms with Crippen molar-refractivity contribution in [2.45, 2.75) is 31.7 Å². The molecule has 0 bridgehead atoms. The fourth-order valence-corrected chi connectivity index (χ4v) is 4.02. The second-order valence-electron chi connectivity index (χ2n) is 8.38. The molecule has 0 radical (unpaired) electrons. The van der Waals surface area contributed by atoms with Crippen LogP contribution in [0, 0.1) is 6.92 Å². The van der Waals surface area contributed by atoms with Crippen molar-refractivity contribution < 1.29 is 9.53 Å². The molecule has 1 aliphatic carbocycles. The van der Waals surface area contributed by atoms with E-state index >= 15 is 0 Å². The predicted octanol–water partition coefficient (Wildman–Crippen LogP) is 4.95. The number of likely N-dealkylation sites (tertiary alicyclic amines) is 1. The van der Waals surface area contributed by atoms with Gasteiger partial charge in [0.25, 0.3) is 5.91 Å². The number of methoxy groups -OCH3 is 1. The lowest BCUT2D eigenvalue weighted by molar-refractivity contribution is 0.0930. The van der Waals surface area contributed by atoms with Gasteiger partial charge in [-0.3, -0.25) is 4.79 Å². The van der Waals surface area contributed by atoms with E-state index in [9.17, 15) is 4.79 Å². The Bertz CT molecular complexity index is 1110. The first-order chi connectivity index (χ1) is 14.9. The van der Waals surface area contributed by atoms with Crippen LogP contribution >= 0.6 is 11.6 Å². The first-order valence-corrected chi connectivity index (χ1v) is 11.0. The molecule has 3 aromatic rings. The third kappa shape index (κ3) is 4.68. The number of nitrogens with zero attached hydrogens (tertiary/aromatic N) is 2. The maximum atomic E-state index is 12.9. The van der Waals surface area contributed by atoms with Crippen molar-refractivity contribution in [2.75, 3.05) is 27.2 Å². The second-order valence-corrected chi connectivity index (χ2v) is 8.77. The zero-order valence-corrected chi connectivity index (χ0v) is 19.0. The SMILES string of the molecule is CN1CCC1.COc1ccc(C)c(C(=O)NC2(c3cccc4nc(Cl)ccc34)CC2)c1. The van der Waals surface area contributed by atoms with Crippen molar-refractivity contribution >= 4 is 28.4 Å². The summed E-state index contributed by atoms with van der Waals surface area (Å²) in [6.07, 6.45) is 3.23. The third-order valence-corrected chi connectivity index (χ3v) is 6.30. The molecule has 31 heavy (non-hydrogen) atoms. The molecule has 0 spiro atoms. The van der Waals surface area contributed by atoms with Gasteiger partial charge in [0.1, 0.15) is 10.9 Å². The summed E-state index contributed by atoms with van der Waals surface area (Å²) in [5.41, 5.74) is 3.14. The number of hydrogen-bond acceptors (Lipinski definition) is 4. The lowest BCUT2D eigenvalue weighted by Crippen LogP contribution is -2.35. The highest BCUT2D eigenvalue weighted by atomic mass is 35.5. The highest BCUT2D eigenvalue weighted by molar-refractivity contribution is 6.29. The Labute approximate surface area is 188 Å². The first-order valence-electron chi connectivity index (χ1n) is 10.6. The van der Waals surface area contributed by atoms with Gasteiger partial charge in [0.05, 0.1) is 18.2 Å². The van der Waals surface area contributed by atoms with Gasteiger partial charge in [-0.15, -0.1) is 0 Å². The van der Waals surface area contributed by atoms with Crippen LogP contribution in [0.1, 0.15) is 40.7 Å². The van der Waals surface area contributed by atoms with Gasteiger partial charge in [-0.05, 0) is 87.8 Å². The molecule has 1 saturated carbocycles. The summed E-state index contributed by atoms with van der Waals surface area (Å²) in [5, 5.41) is 4.74. The van der Waals surface area contributed by atoms with E-state index in [0.717, 1.165) is 34.9 Å². The largest absolute Gasteiger partial charge is 0.497 e. The molecule has 5 nitrogen and oxygen atoms in total. The Kier molecular flexibility index (Phi) is 6.17. The van der Waals surface area contributed by atoms with Gasteiger partial charge in [-0.2, -0.15) is 0 Å². The molecule has 2 aliphatic rings. The molecule has 2 heterocycles. The van der Waals surface area contributed by atoms with Crippen LogP contribution in [0.5, 0.6) is 5.75 Å². The summed E-state index contributed by atoms with van der Waals surface area (Å²) < 4.78 is 5.26. The van der Waals surface area contributed by atoms with Crippen LogP contribution in [0.2, 0.25) is 5.15 Å². The van der Waals surface area contributed by atoms with Crippen molar-refractivity contribution in [1.82, 2.24) is 15.2 Å².